The summed E-state index contributed by atoms with van der Waals surface area (Å²) in [6.07, 6.45) is 1.41. The number of carbonyl (C=O) groups excluding carboxylic acids is 3. The highest BCUT2D eigenvalue weighted by atomic mass is 16.5. The van der Waals surface area contributed by atoms with E-state index < -0.39 is 11.5 Å². The van der Waals surface area contributed by atoms with Crippen molar-refractivity contribution in [2.45, 2.75) is 31.8 Å². The Morgan fingerprint density at radius 1 is 1.18 bits per heavy atom. The monoisotopic (exact) mass is 447 g/mol. The lowest BCUT2D eigenvalue weighted by atomic mass is 9.82. The van der Waals surface area contributed by atoms with E-state index in [1.807, 2.05) is 19.1 Å². The molecule has 8 heteroatoms. The molecule has 1 saturated heterocycles. The number of benzene rings is 2. The fourth-order valence-corrected chi connectivity index (χ4v) is 4.95. The number of hydrogen-bond acceptors (Lipinski definition) is 5. The van der Waals surface area contributed by atoms with E-state index >= 15 is 0 Å². The molecule has 0 aliphatic carbocycles. The summed E-state index contributed by atoms with van der Waals surface area (Å²) in [5.74, 6) is 0.452. The molecular formula is C25H25N3O5. The highest BCUT2D eigenvalue weighted by Crippen LogP contribution is 2.42. The Morgan fingerprint density at radius 3 is 2.64 bits per heavy atom. The van der Waals surface area contributed by atoms with Gasteiger partial charge in [0.2, 0.25) is 0 Å². The standard InChI is InChI=1S/C25H25N3O5/c1-14-10-16(11-15-12-17(23(26)30)27-22(14)15)24(31)28-8-6-25(7-9-28)13-18(29)21-19(32-2)4-3-5-20(21)33-25/h3-5,10-12,27H,6-9,13H2,1-2H3,(H2,26,30). The van der Waals surface area contributed by atoms with Crippen LogP contribution in [0.2, 0.25) is 0 Å². The highest BCUT2D eigenvalue weighted by molar-refractivity contribution is 6.03. The molecule has 3 aromatic rings. The number of fused-ring (bicyclic) bond motifs is 2. The van der Waals surface area contributed by atoms with Crippen molar-refractivity contribution in [1.82, 2.24) is 9.88 Å². The number of aromatic nitrogens is 1. The number of piperidine rings is 1. The first kappa shape index (κ1) is 21.1. The third-order valence-electron chi connectivity index (χ3n) is 6.70. The number of nitrogens with zero attached hydrogens (tertiary/aromatic N) is 1. The number of ketones is 1. The Hall–Kier alpha value is -3.81. The van der Waals surface area contributed by atoms with Crippen LogP contribution >= 0.6 is 0 Å². The van der Waals surface area contributed by atoms with Gasteiger partial charge < -0.3 is 25.1 Å². The zero-order valence-corrected chi connectivity index (χ0v) is 18.6. The number of aromatic amines is 1. The minimum Gasteiger partial charge on any atom is -0.496 e. The van der Waals surface area contributed by atoms with E-state index in [0.717, 1.165) is 16.5 Å². The Labute approximate surface area is 190 Å². The molecule has 0 radical (unpaired) electrons. The second kappa shape index (κ2) is 7.65. The van der Waals surface area contributed by atoms with Gasteiger partial charge in [-0.1, -0.05) is 6.07 Å². The molecule has 2 aliphatic rings. The Balaban J connectivity index is 1.35. The number of carbonyl (C=O) groups is 3. The summed E-state index contributed by atoms with van der Waals surface area (Å²) >= 11 is 0. The van der Waals surface area contributed by atoms with Gasteiger partial charge in [0.15, 0.2) is 5.78 Å². The Morgan fingerprint density at radius 2 is 1.94 bits per heavy atom. The van der Waals surface area contributed by atoms with Gasteiger partial charge in [-0.25, -0.2) is 0 Å². The lowest BCUT2D eigenvalue weighted by Gasteiger charge is -2.44. The summed E-state index contributed by atoms with van der Waals surface area (Å²) in [6.45, 7) is 2.86. The van der Waals surface area contributed by atoms with Crippen molar-refractivity contribution in [3.8, 4) is 11.5 Å². The molecule has 2 amide bonds. The molecule has 170 valence electrons. The minimum absolute atomic E-state index is 0.00673. The minimum atomic E-state index is -0.607. The summed E-state index contributed by atoms with van der Waals surface area (Å²) in [4.78, 5) is 42.5. The van der Waals surface area contributed by atoms with Gasteiger partial charge in [0.1, 0.15) is 28.4 Å². The van der Waals surface area contributed by atoms with Gasteiger partial charge in [0, 0.05) is 42.4 Å². The zero-order chi connectivity index (χ0) is 23.3. The first-order valence-corrected chi connectivity index (χ1v) is 10.9. The van der Waals surface area contributed by atoms with Crippen LogP contribution in [0.5, 0.6) is 11.5 Å². The van der Waals surface area contributed by atoms with Crippen molar-refractivity contribution in [1.29, 1.82) is 0 Å². The molecule has 5 rings (SSSR count). The molecule has 3 heterocycles. The summed E-state index contributed by atoms with van der Waals surface area (Å²) in [7, 11) is 1.54. The van der Waals surface area contributed by atoms with E-state index in [1.54, 1.807) is 36.3 Å². The van der Waals surface area contributed by atoms with Crippen LogP contribution in [0.1, 0.15) is 56.0 Å². The third kappa shape index (κ3) is 3.51. The molecule has 1 fully saturated rings. The van der Waals surface area contributed by atoms with Gasteiger partial charge in [-0.2, -0.15) is 0 Å². The van der Waals surface area contributed by atoms with Crippen molar-refractivity contribution < 1.29 is 23.9 Å². The normalized spacial score (nSPS) is 17.0. The summed E-state index contributed by atoms with van der Waals surface area (Å²) < 4.78 is 11.7. The number of nitrogens with one attached hydrogen (secondary N) is 1. The van der Waals surface area contributed by atoms with E-state index in [2.05, 4.69) is 4.98 Å². The molecule has 1 spiro atoms. The fourth-order valence-electron chi connectivity index (χ4n) is 4.95. The van der Waals surface area contributed by atoms with Crippen LogP contribution in [0.3, 0.4) is 0 Å². The van der Waals surface area contributed by atoms with Crippen molar-refractivity contribution in [2.24, 2.45) is 5.73 Å². The highest BCUT2D eigenvalue weighted by Gasteiger charge is 2.44. The number of rotatable bonds is 3. The number of ether oxygens (including phenoxy) is 2. The second-order valence-electron chi connectivity index (χ2n) is 8.82. The molecule has 0 saturated carbocycles. The molecular weight excluding hydrogens is 422 g/mol. The average molecular weight is 447 g/mol. The van der Waals surface area contributed by atoms with E-state index in [1.165, 1.54) is 0 Å². The molecule has 0 atom stereocenters. The van der Waals surface area contributed by atoms with Crippen molar-refractivity contribution in [3.05, 3.63) is 58.8 Å². The number of hydrogen-bond donors (Lipinski definition) is 2. The van der Waals surface area contributed by atoms with Crippen LogP contribution < -0.4 is 15.2 Å². The molecule has 8 nitrogen and oxygen atoms in total. The molecule has 33 heavy (non-hydrogen) atoms. The number of primary amides is 1. The smallest absolute Gasteiger partial charge is 0.265 e. The largest absolute Gasteiger partial charge is 0.496 e. The van der Waals surface area contributed by atoms with E-state index in [9.17, 15) is 14.4 Å². The summed E-state index contributed by atoms with van der Waals surface area (Å²) in [5.41, 5.74) is 7.79. The quantitative estimate of drug-likeness (QED) is 0.640. The molecule has 0 unspecified atom stereocenters. The first-order chi connectivity index (χ1) is 15.8. The van der Waals surface area contributed by atoms with Crippen molar-refractivity contribution >= 4 is 28.5 Å². The van der Waals surface area contributed by atoms with Gasteiger partial charge in [-0.15, -0.1) is 0 Å². The Kier molecular flexibility index (Phi) is 4.88. The molecule has 0 bridgehead atoms. The molecule has 2 aliphatic heterocycles. The van der Waals surface area contributed by atoms with E-state index in [0.29, 0.717) is 54.3 Å². The summed E-state index contributed by atoms with van der Waals surface area (Å²) in [5, 5.41) is 0.771. The van der Waals surface area contributed by atoms with E-state index in [-0.39, 0.29) is 18.1 Å². The SMILES string of the molecule is COc1cccc2c1C(=O)CC1(CCN(C(=O)c3cc(C)c4[nH]c(C(N)=O)cc4c3)CC1)O2. The molecule has 2 aromatic carbocycles. The maximum absolute atomic E-state index is 13.3. The predicted molar refractivity (Wildman–Crippen MR) is 122 cm³/mol. The zero-order valence-electron chi connectivity index (χ0n) is 18.6. The third-order valence-corrected chi connectivity index (χ3v) is 6.70. The van der Waals surface area contributed by atoms with Crippen LogP contribution in [0.15, 0.2) is 36.4 Å². The molecule has 1 aromatic heterocycles. The lowest BCUT2D eigenvalue weighted by Crippen LogP contribution is -2.52. The van der Waals surface area contributed by atoms with Crippen LogP contribution in [-0.4, -0.2) is 53.3 Å². The number of nitrogens with two attached hydrogens (primary N) is 1. The number of likely N-dealkylation sites (tertiary alicyclic amines) is 1. The number of Topliss-reactive ketones (excluding diaryl/α,β-unsaturated/α-hetero) is 1. The molecule has 3 N–H and O–H groups in total. The van der Waals surface area contributed by atoms with Gasteiger partial charge in [-0.3, -0.25) is 14.4 Å². The predicted octanol–water partition coefficient (Wildman–Crippen LogP) is 3.22. The van der Waals surface area contributed by atoms with Crippen molar-refractivity contribution in [2.75, 3.05) is 20.2 Å². The maximum atomic E-state index is 13.3. The summed E-state index contributed by atoms with van der Waals surface area (Å²) in [6, 6.07) is 10.6. The Bertz CT molecular complexity index is 1300. The van der Waals surface area contributed by atoms with Crippen LogP contribution in [-0.2, 0) is 0 Å². The van der Waals surface area contributed by atoms with Gasteiger partial charge in [0.05, 0.1) is 13.5 Å². The second-order valence-corrected chi connectivity index (χ2v) is 8.82. The number of aryl methyl sites for hydroxylation is 1. The van der Waals surface area contributed by atoms with Crippen LogP contribution in [0.25, 0.3) is 10.9 Å². The maximum Gasteiger partial charge on any atom is 0.265 e. The van der Waals surface area contributed by atoms with Crippen LogP contribution in [0.4, 0.5) is 0 Å². The van der Waals surface area contributed by atoms with Crippen molar-refractivity contribution in [3.63, 3.8) is 0 Å². The number of H-pyrrole nitrogens is 1. The first-order valence-electron chi connectivity index (χ1n) is 10.9. The topological polar surface area (TPSA) is 115 Å². The van der Waals surface area contributed by atoms with E-state index in [4.69, 9.17) is 15.2 Å². The number of methoxy groups -OCH3 is 1. The van der Waals surface area contributed by atoms with Crippen LogP contribution in [0, 0.1) is 6.92 Å². The van der Waals surface area contributed by atoms with Gasteiger partial charge in [-0.05, 0) is 42.8 Å². The number of amides is 2. The lowest BCUT2D eigenvalue weighted by molar-refractivity contribution is -0.00600. The fraction of sp³-hybridized carbons (Fsp3) is 0.320. The van der Waals surface area contributed by atoms with Gasteiger partial charge in [0.25, 0.3) is 11.8 Å². The van der Waals surface area contributed by atoms with Gasteiger partial charge >= 0.3 is 0 Å². The average Bonchev–Trinajstić information content (AvgIpc) is 3.24.